The first-order valence-corrected chi connectivity index (χ1v) is 6.92. The van der Waals surface area contributed by atoms with E-state index >= 15 is 0 Å². The highest BCUT2D eigenvalue weighted by atomic mass is 79.9. The predicted octanol–water partition coefficient (Wildman–Crippen LogP) is 2.09. The molecule has 19 heavy (non-hydrogen) atoms. The van der Waals surface area contributed by atoms with Gasteiger partial charge >= 0.3 is 5.97 Å². The Balaban J connectivity index is 2.18. The number of nitrogens with one attached hydrogen (secondary N) is 2. The van der Waals surface area contributed by atoms with Crippen LogP contribution in [0.2, 0.25) is 0 Å². The smallest absolute Gasteiger partial charge is 0.337 e. The minimum atomic E-state index is -1.06. The highest BCUT2D eigenvalue weighted by Gasteiger charge is 2.23. The Labute approximate surface area is 119 Å². The maximum absolute atomic E-state index is 12.1. The SMILES string of the molecule is O=C(O)c1cccc(Br)c1NC(=O)[C@H]1CCCNC1. The Morgan fingerprint density at radius 1 is 1.42 bits per heavy atom. The van der Waals surface area contributed by atoms with E-state index in [1.54, 1.807) is 12.1 Å². The van der Waals surface area contributed by atoms with Crippen molar-refractivity contribution in [1.82, 2.24) is 5.32 Å². The zero-order chi connectivity index (χ0) is 13.8. The maximum Gasteiger partial charge on any atom is 0.337 e. The molecule has 1 saturated heterocycles. The minimum absolute atomic E-state index is 0.0893. The number of hydrogen-bond donors (Lipinski definition) is 3. The molecule has 1 aromatic carbocycles. The number of benzene rings is 1. The largest absolute Gasteiger partial charge is 0.478 e. The lowest BCUT2D eigenvalue weighted by molar-refractivity contribution is -0.120. The molecule has 1 aliphatic heterocycles. The van der Waals surface area contributed by atoms with E-state index in [4.69, 9.17) is 5.11 Å². The van der Waals surface area contributed by atoms with Crippen molar-refractivity contribution < 1.29 is 14.7 Å². The molecule has 0 saturated carbocycles. The van der Waals surface area contributed by atoms with E-state index in [0.717, 1.165) is 19.4 Å². The molecule has 3 N–H and O–H groups in total. The Kier molecular flexibility index (Phi) is 4.55. The van der Waals surface area contributed by atoms with E-state index in [2.05, 4.69) is 26.6 Å². The van der Waals surface area contributed by atoms with Crippen LogP contribution in [0, 0.1) is 5.92 Å². The van der Waals surface area contributed by atoms with E-state index < -0.39 is 5.97 Å². The van der Waals surface area contributed by atoms with E-state index in [-0.39, 0.29) is 17.4 Å². The van der Waals surface area contributed by atoms with Gasteiger partial charge in [0.2, 0.25) is 5.91 Å². The van der Waals surface area contributed by atoms with Crippen LogP contribution in [0.25, 0.3) is 0 Å². The summed E-state index contributed by atoms with van der Waals surface area (Å²) in [5.41, 5.74) is 0.414. The molecule has 1 amide bonds. The average molecular weight is 327 g/mol. The second-order valence-corrected chi connectivity index (χ2v) is 5.35. The van der Waals surface area contributed by atoms with Gasteiger partial charge in [0, 0.05) is 11.0 Å². The van der Waals surface area contributed by atoms with Gasteiger partial charge in [-0.3, -0.25) is 4.79 Å². The van der Waals surface area contributed by atoms with E-state index in [0.29, 0.717) is 16.7 Å². The number of piperidine rings is 1. The quantitative estimate of drug-likeness (QED) is 0.794. The molecule has 1 aliphatic rings. The number of aromatic carboxylic acids is 1. The molecule has 102 valence electrons. The van der Waals surface area contributed by atoms with Crippen LogP contribution in [0.4, 0.5) is 5.69 Å². The summed E-state index contributed by atoms with van der Waals surface area (Å²) in [4.78, 5) is 23.3. The van der Waals surface area contributed by atoms with Crippen LogP contribution in [0.5, 0.6) is 0 Å². The van der Waals surface area contributed by atoms with Gasteiger partial charge in [-0.15, -0.1) is 0 Å². The van der Waals surface area contributed by atoms with Gasteiger partial charge in [-0.2, -0.15) is 0 Å². The van der Waals surface area contributed by atoms with Crippen LogP contribution in [-0.4, -0.2) is 30.1 Å². The van der Waals surface area contributed by atoms with Crippen molar-refractivity contribution in [3.8, 4) is 0 Å². The molecule has 2 rings (SSSR count). The van der Waals surface area contributed by atoms with E-state index in [1.807, 2.05) is 0 Å². The van der Waals surface area contributed by atoms with Crippen LogP contribution in [-0.2, 0) is 4.79 Å². The summed E-state index contributed by atoms with van der Waals surface area (Å²) in [7, 11) is 0. The Hall–Kier alpha value is -1.40. The molecule has 0 unspecified atom stereocenters. The predicted molar refractivity (Wildman–Crippen MR) is 75.3 cm³/mol. The maximum atomic E-state index is 12.1. The van der Waals surface area contributed by atoms with Gasteiger partial charge in [-0.05, 0) is 47.4 Å². The zero-order valence-electron chi connectivity index (χ0n) is 10.3. The number of para-hydroxylation sites is 1. The highest BCUT2D eigenvalue weighted by molar-refractivity contribution is 9.10. The van der Waals surface area contributed by atoms with Crippen molar-refractivity contribution in [2.75, 3.05) is 18.4 Å². The monoisotopic (exact) mass is 326 g/mol. The number of carbonyl (C=O) groups is 2. The van der Waals surface area contributed by atoms with Gasteiger partial charge in [0.05, 0.1) is 17.2 Å². The van der Waals surface area contributed by atoms with Crippen molar-refractivity contribution in [3.05, 3.63) is 28.2 Å². The number of amides is 1. The second kappa shape index (κ2) is 6.16. The Morgan fingerprint density at radius 3 is 2.84 bits per heavy atom. The van der Waals surface area contributed by atoms with Gasteiger partial charge in [0.1, 0.15) is 0 Å². The third-order valence-corrected chi connectivity index (χ3v) is 3.82. The Bertz CT molecular complexity index is 499. The number of halogens is 1. The molecule has 1 aromatic rings. The van der Waals surface area contributed by atoms with E-state index in [9.17, 15) is 9.59 Å². The van der Waals surface area contributed by atoms with Crippen molar-refractivity contribution in [3.63, 3.8) is 0 Å². The number of carboxylic acid groups (broad SMARTS) is 1. The first-order valence-electron chi connectivity index (χ1n) is 6.13. The molecule has 6 heteroatoms. The molecule has 1 fully saturated rings. The summed E-state index contributed by atoms with van der Waals surface area (Å²) in [6, 6.07) is 4.81. The summed E-state index contributed by atoms with van der Waals surface area (Å²) in [6.45, 7) is 1.57. The lowest BCUT2D eigenvalue weighted by Gasteiger charge is -2.22. The van der Waals surface area contributed by atoms with Gasteiger partial charge in [-0.1, -0.05) is 6.07 Å². The fourth-order valence-electron chi connectivity index (χ4n) is 2.13. The lowest BCUT2D eigenvalue weighted by Crippen LogP contribution is -2.37. The topological polar surface area (TPSA) is 78.4 Å². The van der Waals surface area contributed by atoms with Crippen LogP contribution < -0.4 is 10.6 Å². The van der Waals surface area contributed by atoms with Crippen molar-refractivity contribution >= 4 is 33.5 Å². The number of rotatable bonds is 3. The second-order valence-electron chi connectivity index (χ2n) is 4.50. The third-order valence-electron chi connectivity index (χ3n) is 3.16. The van der Waals surface area contributed by atoms with Crippen LogP contribution in [0.1, 0.15) is 23.2 Å². The number of carbonyl (C=O) groups excluding carboxylic acids is 1. The van der Waals surface area contributed by atoms with Crippen molar-refractivity contribution in [2.45, 2.75) is 12.8 Å². The molecule has 0 spiro atoms. The summed E-state index contributed by atoms with van der Waals surface area (Å²) < 4.78 is 0.574. The van der Waals surface area contributed by atoms with Crippen LogP contribution >= 0.6 is 15.9 Å². The molecule has 0 aliphatic carbocycles. The van der Waals surface area contributed by atoms with E-state index in [1.165, 1.54) is 6.07 Å². The molecule has 1 atom stereocenters. The molecule has 0 bridgehead atoms. The zero-order valence-corrected chi connectivity index (χ0v) is 11.9. The van der Waals surface area contributed by atoms with Gasteiger partial charge < -0.3 is 15.7 Å². The van der Waals surface area contributed by atoms with Gasteiger partial charge in [0.25, 0.3) is 0 Å². The first kappa shape index (κ1) is 14.0. The highest BCUT2D eigenvalue weighted by Crippen LogP contribution is 2.27. The van der Waals surface area contributed by atoms with Crippen molar-refractivity contribution in [2.24, 2.45) is 5.92 Å². The summed E-state index contributed by atoms with van der Waals surface area (Å²) in [6.07, 6.45) is 1.78. The number of carboxylic acids is 1. The number of anilines is 1. The molecule has 0 aromatic heterocycles. The summed E-state index contributed by atoms with van der Waals surface area (Å²) in [5, 5.41) is 15.0. The number of hydrogen-bond acceptors (Lipinski definition) is 3. The average Bonchev–Trinajstić information content (AvgIpc) is 2.41. The summed E-state index contributed by atoms with van der Waals surface area (Å²) in [5.74, 6) is -1.30. The molecular weight excluding hydrogens is 312 g/mol. The minimum Gasteiger partial charge on any atom is -0.478 e. The fourth-order valence-corrected chi connectivity index (χ4v) is 2.60. The van der Waals surface area contributed by atoms with Crippen LogP contribution in [0.15, 0.2) is 22.7 Å². The fraction of sp³-hybridized carbons (Fsp3) is 0.385. The Morgan fingerprint density at radius 2 is 2.21 bits per heavy atom. The molecule has 0 radical (unpaired) electrons. The summed E-state index contributed by atoms with van der Waals surface area (Å²) >= 11 is 3.27. The van der Waals surface area contributed by atoms with Crippen molar-refractivity contribution in [1.29, 1.82) is 0 Å². The van der Waals surface area contributed by atoms with Crippen LogP contribution in [0.3, 0.4) is 0 Å². The normalized spacial score (nSPS) is 18.9. The lowest BCUT2D eigenvalue weighted by atomic mass is 9.98. The molecular formula is C13H15BrN2O3. The molecule has 5 nitrogen and oxygen atoms in total. The van der Waals surface area contributed by atoms with Gasteiger partial charge in [0.15, 0.2) is 0 Å². The van der Waals surface area contributed by atoms with Gasteiger partial charge in [-0.25, -0.2) is 4.79 Å². The molecule has 1 heterocycles. The standard InChI is InChI=1S/C13H15BrN2O3/c14-10-5-1-4-9(13(18)19)11(10)16-12(17)8-3-2-6-15-7-8/h1,4-5,8,15H,2-3,6-7H2,(H,16,17)(H,18,19)/t8-/m0/s1. The first-order chi connectivity index (χ1) is 9.09. The third kappa shape index (κ3) is 3.33.